The van der Waals surface area contributed by atoms with Crippen molar-refractivity contribution < 1.29 is 24.5 Å². The molecule has 0 amide bonds. The third kappa shape index (κ3) is 7.94. The zero-order valence-electron chi connectivity index (χ0n) is 14.6. The standard InChI is InChI=1S/C19H30O5/c1-2-3-4-5-6-7-10-15-12-13-17(20)16(15)11-8-9-14-24-19(23)18(21)22/h15-16,19,23H,2-3,6-14H2,1H3,(H,21,22)/t15-,16+,19?/m0/s1. The maximum atomic E-state index is 12.0. The number of unbranched alkanes of at least 4 members (excludes halogenated alkanes) is 3. The quantitative estimate of drug-likeness (QED) is 0.343. The van der Waals surface area contributed by atoms with Crippen molar-refractivity contribution in [3.8, 4) is 11.8 Å². The molecule has 0 heterocycles. The topological polar surface area (TPSA) is 83.8 Å². The van der Waals surface area contributed by atoms with Crippen LogP contribution >= 0.6 is 0 Å². The predicted molar refractivity (Wildman–Crippen MR) is 91.2 cm³/mol. The van der Waals surface area contributed by atoms with Gasteiger partial charge in [-0.1, -0.05) is 13.3 Å². The number of carboxylic acid groups (broad SMARTS) is 1. The van der Waals surface area contributed by atoms with Gasteiger partial charge in [-0.2, -0.15) is 0 Å². The number of Topliss-reactive ketones (excluding diaryl/α,β-unsaturated/α-hetero) is 1. The van der Waals surface area contributed by atoms with Gasteiger partial charge in [-0.25, -0.2) is 4.79 Å². The second-order valence-electron chi connectivity index (χ2n) is 6.42. The van der Waals surface area contributed by atoms with Gasteiger partial charge in [0, 0.05) is 25.2 Å². The van der Waals surface area contributed by atoms with E-state index in [4.69, 9.17) is 14.9 Å². The third-order valence-corrected chi connectivity index (χ3v) is 4.52. The number of aliphatic hydroxyl groups excluding tert-OH is 1. The zero-order valence-corrected chi connectivity index (χ0v) is 14.6. The van der Waals surface area contributed by atoms with Gasteiger partial charge in [-0.05, 0) is 44.4 Å². The fourth-order valence-electron chi connectivity index (χ4n) is 3.21. The van der Waals surface area contributed by atoms with Gasteiger partial charge >= 0.3 is 5.97 Å². The number of ether oxygens (including phenoxy) is 1. The maximum absolute atomic E-state index is 12.0. The molecule has 1 saturated carbocycles. The molecule has 3 atom stereocenters. The van der Waals surface area contributed by atoms with Gasteiger partial charge in [0.05, 0.1) is 6.61 Å². The largest absolute Gasteiger partial charge is 0.477 e. The first-order valence-electron chi connectivity index (χ1n) is 9.07. The van der Waals surface area contributed by atoms with Gasteiger partial charge in [0.1, 0.15) is 5.78 Å². The Kier molecular flexibility index (Phi) is 10.4. The summed E-state index contributed by atoms with van der Waals surface area (Å²) in [4.78, 5) is 22.5. The Bertz CT molecular complexity index is 448. The molecule has 0 aromatic heterocycles. The molecule has 5 nitrogen and oxygen atoms in total. The van der Waals surface area contributed by atoms with Gasteiger partial charge in [0.2, 0.25) is 0 Å². The van der Waals surface area contributed by atoms with Gasteiger partial charge in [0.25, 0.3) is 6.29 Å². The number of carboxylic acids is 1. The number of aliphatic hydroxyl groups is 1. The van der Waals surface area contributed by atoms with E-state index in [0.29, 0.717) is 24.5 Å². The lowest BCUT2D eigenvalue weighted by molar-refractivity contribution is -0.176. The molecule has 0 aromatic carbocycles. The Hall–Kier alpha value is -1.38. The summed E-state index contributed by atoms with van der Waals surface area (Å²) in [6.07, 6.45) is 7.31. The summed E-state index contributed by atoms with van der Waals surface area (Å²) < 4.78 is 4.79. The molecule has 0 radical (unpaired) electrons. The number of hydrogen-bond acceptors (Lipinski definition) is 4. The van der Waals surface area contributed by atoms with Crippen LogP contribution in [-0.4, -0.2) is 34.9 Å². The van der Waals surface area contributed by atoms with Crippen molar-refractivity contribution in [2.45, 2.75) is 77.4 Å². The van der Waals surface area contributed by atoms with Crippen LogP contribution < -0.4 is 0 Å². The SMILES string of the molecule is CCCC#CCCC[C@H]1CCC(=O)[C@@H]1CCCCOC(O)C(=O)O. The van der Waals surface area contributed by atoms with Crippen LogP contribution in [0.25, 0.3) is 0 Å². The van der Waals surface area contributed by atoms with Gasteiger partial charge in [-0.15, -0.1) is 11.8 Å². The van der Waals surface area contributed by atoms with Crippen LogP contribution in [-0.2, 0) is 14.3 Å². The van der Waals surface area contributed by atoms with E-state index in [-0.39, 0.29) is 12.5 Å². The highest BCUT2D eigenvalue weighted by atomic mass is 16.6. The number of carbonyl (C=O) groups excluding carboxylic acids is 1. The number of ketones is 1. The Morgan fingerprint density at radius 1 is 1.25 bits per heavy atom. The number of rotatable bonds is 11. The van der Waals surface area contributed by atoms with E-state index in [1.807, 2.05) is 0 Å². The molecule has 0 bridgehead atoms. The monoisotopic (exact) mass is 338 g/mol. The van der Waals surface area contributed by atoms with Crippen LogP contribution in [0.4, 0.5) is 0 Å². The molecular weight excluding hydrogens is 308 g/mol. The first kappa shape index (κ1) is 20.7. The Labute approximate surface area is 144 Å². The van der Waals surface area contributed by atoms with Gasteiger partial charge < -0.3 is 14.9 Å². The van der Waals surface area contributed by atoms with Crippen molar-refractivity contribution in [2.75, 3.05) is 6.61 Å². The minimum absolute atomic E-state index is 0.137. The normalized spacial score (nSPS) is 21.3. The van der Waals surface area contributed by atoms with Crippen LogP contribution in [0.3, 0.4) is 0 Å². The molecule has 0 saturated heterocycles. The summed E-state index contributed by atoms with van der Waals surface area (Å²) in [7, 11) is 0. The Morgan fingerprint density at radius 2 is 2.00 bits per heavy atom. The van der Waals surface area contributed by atoms with E-state index in [0.717, 1.165) is 51.4 Å². The molecule has 0 spiro atoms. The van der Waals surface area contributed by atoms with Crippen molar-refractivity contribution in [1.29, 1.82) is 0 Å². The molecule has 2 N–H and O–H groups in total. The Morgan fingerprint density at radius 3 is 2.71 bits per heavy atom. The molecular formula is C19H30O5. The summed E-state index contributed by atoms with van der Waals surface area (Å²) in [6, 6.07) is 0. The van der Waals surface area contributed by atoms with Crippen LogP contribution in [0.1, 0.15) is 71.1 Å². The lowest BCUT2D eigenvalue weighted by atomic mass is 9.87. The third-order valence-electron chi connectivity index (χ3n) is 4.52. The highest BCUT2D eigenvalue weighted by Gasteiger charge is 2.33. The highest BCUT2D eigenvalue weighted by molar-refractivity contribution is 5.83. The van der Waals surface area contributed by atoms with E-state index in [9.17, 15) is 9.59 Å². The lowest BCUT2D eigenvalue weighted by Crippen LogP contribution is -2.23. The van der Waals surface area contributed by atoms with Crippen molar-refractivity contribution >= 4 is 11.8 Å². The summed E-state index contributed by atoms with van der Waals surface area (Å²) in [6.45, 7) is 2.32. The molecule has 1 aliphatic rings. The van der Waals surface area contributed by atoms with E-state index in [2.05, 4.69) is 18.8 Å². The fourth-order valence-corrected chi connectivity index (χ4v) is 3.21. The van der Waals surface area contributed by atoms with E-state index < -0.39 is 12.3 Å². The predicted octanol–water partition coefficient (Wildman–Crippen LogP) is 3.15. The average molecular weight is 338 g/mol. The minimum atomic E-state index is -1.75. The van der Waals surface area contributed by atoms with Crippen molar-refractivity contribution in [1.82, 2.24) is 0 Å². The van der Waals surface area contributed by atoms with Crippen molar-refractivity contribution in [2.24, 2.45) is 11.8 Å². The molecule has 24 heavy (non-hydrogen) atoms. The van der Waals surface area contributed by atoms with Gasteiger partial charge in [-0.3, -0.25) is 4.79 Å². The molecule has 136 valence electrons. The van der Waals surface area contributed by atoms with Crippen LogP contribution in [0, 0.1) is 23.7 Å². The smallest absolute Gasteiger partial charge is 0.360 e. The maximum Gasteiger partial charge on any atom is 0.360 e. The van der Waals surface area contributed by atoms with Crippen LogP contribution in [0.15, 0.2) is 0 Å². The minimum Gasteiger partial charge on any atom is -0.477 e. The van der Waals surface area contributed by atoms with Gasteiger partial charge in [0.15, 0.2) is 0 Å². The van der Waals surface area contributed by atoms with Crippen molar-refractivity contribution in [3.63, 3.8) is 0 Å². The van der Waals surface area contributed by atoms with Crippen LogP contribution in [0.2, 0.25) is 0 Å². The molecule has 1 fully saturated rings. The molecule has 1 aliphatic carbocycles. The zero-order chi connectivity index (χ0) is 17.8. The summed E-state index contributed by atoms with van der Waals surface area (Å²) in [5.74, 6) is 5.94. The average Bonchev–Trinajstić information content (AvgIpc) is 2.90. The lowest BCUT2D eigenvalue weighted by Gasteiger charge is -2.18. The molecule has 1 rings (SSSR count). The summed E-state index contributed by atoms with van der Waals surface area (Å²) in [5.41, 5.74) is 0. The summed E-state index contributed by atoms with van der Waals surface area (Å²) in [5, 5.41) is 17.5. The molecule has 0 aliphatic heterocycles. The second kappa shape index (κ2) is 12.0. The first-order valence-corrected chi connectivity index (χ1v) is 9.07. The highest BCUT2D eigenvalue weighted by Crippen LogP contribution is 2.35. The second-order valence-corrected chi connectivity index (χ2v) is 6.42. The van der Waals surface area contributed by atoms with E-state index in [1.54, 1.807) is 0 Å². The van der Waals surface area contributed by atoms with Crippen molar-refractivity contribution in [3.05, 3.63) is 0 Å². The molecule has 1 unspecified atom stereocenters. The molecule has 5 heteroatoms. The van der Waals surface area contributed by atoms with Crippen LogP contribution in [0.5, 0.6) is 0 Å². The van der Waals surface area contributed by atoms with E-state index >= 15 is 0 Å². The first-order chi connectivity index (χ1) is 11.6. The Balaban J connectivity index is 2.20. The number of carbonyl (C=O) groups is 2. The number of hydrogen-bond donors (Lipinski definition) is 2. The summed E-state index contributed by atoms with van der Waals surface area (Å²) >= 11 is 0. The fraction of sp³-hybridized carbons (Fsp3) is 0.789. The van der Waals surface area contributed by atoms with E-state index in [1.165, 1.54) is 0 Å². The number of aliphatic carboxylic acids is 1. The molecule has 0 aromatic rings.